The molecule has 0 aliphatic carbocycles. The highest BCUT2D eigenvalue weighted by Gasteiger charge is 2.30. The molecule has 0 amide bonds. The predicted octanol–water partition coefficient (Wildman–Crippen LogP) is 3.29. The Morgan fingerprint density at radius 1 is 1.27 bits per heavy atom. The van der Waals surface area contributed by atoms with E-state index in [4.69, 9.17) is 11.6 Å². The van der Waals surface area contributed by atoms with Gasteiger partial charge in [-0.2, -0.15) is 0 Å². The molecule has 1 heterocycles. The first-order chi connectivity index (χ1) is 7.12. The Kier molecular flexibility index (Phi) is 3.03. The zero-order valence-corrected chi connectivity index (χ0v) is 10.2. The Morgan fingerprint density at radius 2 is 1.93 bits per heavy atom. The van der Waals surface area contributed by atoms with E-state index in [0.717, 1.165) is 18.1 Å². The lowest BCUT2D eigenvalue weighted by Gasteiger charge is -2.35. The molecule has 2 heteroatoms. The van der Waals surface area contributed by atoms with Crippen LogP contribution in [0.25, 0.3) is 0 Å². The minimum Gasteiger partial charge on any atom is -0.317 e. The highest BCUT2D eigenvalue weighted by atomic mass is 35.5. The molecule has 1 aliphatic heterocycles. The molecular formula is C13H18ClN. The number of nitrogens with one attached hydrogen (secondary N) is 1. The Morgan fingerprint density at radius 3 is 2.60 bits per heavy atom. The molecule has 0 atom stereocenters. The predicted molar refractivity (Wildman–Crippen MR) is 65.6 cm³/mol. The van der Waals surface area contributed by atoms with Crippen molar-refractivity contribution in [2.75, 3.05) is 13.1 Å². The third-order valence-corrected chi connectivity index (χ3v) is 3.81. The summed E-state index contributed by atoms with van der Waals surface area (Å²) in [4.78, 5) is 0. The summed E-state index contributed by atoms with van der Waals surface area (Å²) >= 11 is 6.30. The van der Waals surface area contributed by atoms with Gasteiger partial charge >= 0.3 is 0 Å². The second-order valence-corrected chi connectivity index (χ2v) is 5.20. The molecule has 15 heavy (non-hydrogen) atoms. The Hall–Kier alpha value is -0.530. The van der Waals surface area contributed by atoms with E-state index in [1.165, 1.54) is 24.0 Å². The molecule has 0 bridgehead atoms. The van der Waals surface area contributed by atoms with Crippen LogP contribution >= 0.6 is 11.6 Å². The van der Waals surface area contributed by atoms with Crippen molar-refractivity contribution in [2.45, 2.75) is 32.1 Å². The summed E-state index contributed by atoms with van der Waals surface area (Å²) in [5.41, 5.74) is 2.88. The minimum absolute atomic E-state index is 0.258. The van der Waals surface area contributed by atoms with Crippen LogP contribution in [0.2, 0.25) is 5.02 Å². The topological polar surface area (TPSA) is 12.0 Å². The summed E-state index contributed by atoms with van der Waals surface area (Å²) < 4.78 is 0. The van der Waals surface area contributed by atoms with E-state index in [0.29, 0.717) is 0 Å². The van der Waals surface area contributed by atoms with E-state index in [1.54, 1.807) is 0 Å². The van der Waals surface area contributed by atoms with Gasteiger partial charge in [-0.15, -0.1) is 0 Å². The smallest absolute Gasteiger partial charge is 0.0443 e. The van der Waals surface area contributed by atoms with Gasteiger partial charge in [0.05, 0.1) is 0 Å². The molecule has 0 unspecified atom stereocenters. The molecule has 1 aromatic carbocycles. The second kappa shape index (κ2) is 4.15. The third kappa shape index (κ3) is 2.19. The molecular weight excluding hydrogens is 206 g/mol. The lowest BCUT2D eigenvalue weighted by Crippen LogP contribution is -2.37. The molecule has 0 radical (unpaired) electrons. The molecule has 1 N–H and O–H groups in total. The largest absolute Gasteiger partial charge is 0.317 e. The van der Waals surface area contributed by atoms with Gasteiger partial charge in [-0.25, -0.2) is 0 Å². The van der Waals surface area contributed by atoms with Crippen molar-refractivity contribution in [1.29, 1.82) is 0 Å². The fraction of sp³-hybridized carbons (Fsp3) is 0.538. The molecule has 1 fully saturated rings. The summed E-state index contributed by atoms with van der Waals surface area (Å²) in [6.07, 6.45) is 2.35. The number of hydrogen-bond acceptors (Lipinski definition) is 1. The van der Waals surface area contributed by atoms with E-state index in [1.807, 2.05) is 6.07 Å². The third-order valence-electron chi connectivity index (χ3n) is 3.48. The molecule has 0 saturated carbocycles. The summed E-state index contributed by atoms with van der Waals surface area (Å²) in [7, 11) is 0. The SMILES string of the molecule is Cc1ccc(Cl)c(C2(C)CCNCC2)c1. The molecule has 1 saturated heterocycles. The van der Waals surface area contributed by atoms with Crippen molar-refractivity contribution in [2.24, 2.45) is 0 Å². The van der Waals surface area contributed by atoms with Crippen LogP contribution in [0.4, 0.5) is 0 Å². The van der Waals surface area contributed by atoms with Crippen LogP contribution in [0.15, 0.2) is 18.2 Å². The van der Waals surface area contributed by atoms with Gasteiger partial charge in [-0.1, -0.05) is 36.2 Å². The summed E-state index contributed by atoms with van der Waals surface area (Å²) in [5, 5.41) is 4.32. The standard InChI is InChI=1S/C13H18ClN/c1-10-3-4-12(14)11(9-10)13(2)5-7-15-8-6-13/h3-4,9,15H,5-8H2,1-2H3. The van der Waals surface area contributed by atoms with Gasteiger partial charge in [0.1, 0.15) is 0 Å². The van der Waals surface area contributed by atoms with Crippen molar-refractivity contribution in [1.82, 2.24) is 5.32 Å². The fourth-order valence-electron chi connectivity index (χ4n) is 2.35. The number of benzene rings is 1. The molecule has 1 nitrogen and oxygen atoms in total. The molecule has 1 aromatic rings. The average Bonchev–Trinajstić information content (AvgIpc) is 2.23. The van der Waals surface area contributed by atoms with Crippen LogP contribution in [-0.4, -0.2) is 13.1 Å². The van der Waals surface area contributed by atoms with Gasteiger partial charge in [0, 0.05) is 5.02 Å². The van der Waals surface area contributed by atoms with Crippen LogP contribution < -0.4 is 5.32 Å². The van der Waals surface area contributed by atoms with Gasteiger partial charge in [-0.05, 0) is 49.9 Å². The monoisotopic (exact) mass is 223 g/mol. The van der Waals surface area contributed by atoms with Crippen molar-refractivity contribution < 1.29 is 0 Å². The van der Waals surface area contributed by atoms with Crippen LogP contribution in [0.1, 0.15) is 30.9 Å². The van der Waals surface area contributed by atoms with Crippen molar-refractivity contribution >= 4 is 11.6 Å². The number of aryl methyl sites for hydroxylation is 1. The molecule has 82 valence electrons. The molecule has 0 aromatic heterocycles. The average molecular weight is 224 g/mol. The highest BCUT2D eigenvalue weighted by molar-refractivity contribution is 6.31. The number of hydrogen-bond donors (Lipinski definition) is 1. The van der Waals surface area contributed by atoms with E-state index < -0.39 is 0 Å². The van der Waals surface area contributed by atoms with Crippen LogP contribution in [0.3, 0.4) is 0 Å². The number of piperidine rings is 1. The zero-order chi connectivity index (χ0) is 10.9. The van der Waals surface area contributed by atoms with E-state index in [9.17, 15) is 0 Å². The first-order valence-electron chi connectivity index (χ1n) is 5.59. The first kappa shape index (κ1) is 11.0. The van der Waals surface area contributed by atoms with Gasteiger partial charge in [0.25, 0.3) is 0 Å². The van der Waals surface area contributed by atoms with E-state index in [2.05, 4.69) is 31.3 Å². The van der Waals surface area contributed by atoms with Crippen LogP contribution in [0.5, 0.6) is 0 Å². The van der Waals surface area contributed by atoms with Crippen molar-refractivity contribution in [3.05, 3.63) is 34.3 Å². The van der Waals surface area contributed by atoms with Crippen molar-refractivity contribution in [3.8, 4) is 0 Å². The highest BCUT2D eigenvalue weighted by Crippen LogP contribution is 2.37. The van der Waals surface area contributed by atoms with Crippen LogP contribution in [0, 0.1) is 6.92 Å². The fourth-order valence-corrected chi connectivity index (χ4v) is 2.70. The van der Waals surface area contributed by atoms with E-state index >= 15 is 0 Å². The van der Waals surface area contributed by atoms with Crippen molar-refractivity contribution in [3.63, 3.8) is 0 Å². The lowest BCUT2D eigenvalue weighted by molar-refractivity contribution is 0.335. The lowest BCUT2D eigenvalue weighted by atomic mass is 9.74. The molecule has 2 rings (SSSR count). The van der Waals surface area contributed by atoms with Gasteiger partial charge in [0.15, 0.2) is 0 Å². The van der Waals surface area contributed by atoms with Gasteiger partial charge in [-0.3, -0.25) is 0 Å². The first-order valence-corrected chi connectivity index (χ1v) is 5.97. The van der Waals surface area contributed by atoms with E-state index in [-0.39, 0.29) is 5.41 Å². The minimum atomic E-state index is 0.258. The van der Waals surface area contributed by atoms with Crippen LogP contribution in [-0.2, 0) is 5.41 Å². The second-order valence-electron chi connectivity index (χ2n) is 4.79. The Bertz CT molecular complexity index is 354. The Balaban J connectivity index is 2.38. The maximum absolute atomic E-state index is 6.30. The number of halogens is 1. The maximum Gasteiger partial charge on any atom is 0.0443 e. The quantitative estimate of drug-likeness (QED) is 0.771. The summed E-state index contributed by atoms with van der Waals surface area (Å²) in [5.74, 6) is 0. The Labute approximate surface area is 96.8 Å². The molecule has 0 spiro atoms. The zero-order valence-electron chi connectivity index (χ0n) is 9.44. The summed E-state index contributed by atoms with van der Waals surface area (Å²) in [6.45, 7) is 6.65. The summed E-state index contributed by atoms with van der Waals surface area (Å²) in [6, 6.07) is 6.35. The molecule has 1 aliphatic rings. The normalized spacial score (nSPS) is 20.2. The van der Waals surface area contributed by atoms with Gasteiger partial charge in [0.2, 0.25) is 0 Å². The maximum atomic E-state index is 6.30. The number of rotatable bonds is 1. The van der Waals surface area contributed by atoms with Gasteiger partial charge < -0.3 is 5.32 Å².